The van der Waals surface area contributed by atoms with Gasteiger partial charge in [-0.25, -0.2) is 13.6 Å². The predicted molar refractivity (Wildman–Crippen MR) is 120 cm³/mol. The van der Waals surface area contributed by atoms with E-state index in [-0.39, 0.29) is 29.0 Å². The smallest absolute Gasteiger partial charge is 0.416 e. The van der Waals surface area contributed by atoms with Gasteiger partial charge < -0.3 is 9.84 Å². The molecule has 1 unspecified atom stereocenters. The van der Waals surface area contributed by atoms with Crippen molar-refractivity contribution in [2.45, 2.75) is 25.6 Å². The Hall–Kier alpha value is -3.94. The van der Waals surface area contributed by atoms with Gasteiger partial charge in [0.1, 0.15) is 24.0 Å². The molecule has 1 aliphatic rings. The van der Waals surface area contributed by atoms with Gasteiger partial charge in [0.2, 0.25) is 0 Å². The van der Waals surface area contributed by atoms with Crippen molar-refractivity contribution >= 4 is 11.5 Å². The Kier molecular flexibility index (Phi) is 6.47. The summed E-state index contributed by atoms with van der Waals surface area (Å²) in [5.74, 6) is -3.15. The average Bonchev–Trinajstić information content (AvgIpc) is 3.19. The Labute approximate surface area is 197 Å². The molecule has 1 aliphatic carbocycles. The molecule has 0 aliphatic heterocycles. The lowest BCUT2D eigenvalue weighted by Gasteiger charge is -2.22. The number of ether oxygens (including phenoxy) is 1. The summed E-state index contributed by atoms with van der Waals surface area (Å²) in [5, 5.41) is 9.36. The zero-order chi connectivity index (χ0) is 25.3. The molecule has 0 saturated heterocycles. The minimum atomic E-state index is -4.61. The van der Waals surface area contributed by atoms with Crippen LogP contribution < -0.4 is 4.74 Å². The summed E-state index contributed by atoms with van der Waals surface area (Å²) >= 11 is 0. The summed E-state index contributed by atoms with van der Waals surface area (Å²) in [6, 6.07) is 12.1. The Morgan fingerprint density at radius 1 is 1.00 bits per heavy atom. The number of rotatable bonds is 6. The third kappa shape index (κ3) is 5.11. The van der Waals surface area contributed by atoms with Crippen LogP contribution in [-0.2, 0) is 12.8 Å². The van der Waals surface area contributed by atoms with Crippen LogP contribution in [0.4, 0.5) is 22.0 Å². The number of allylic oxidation sites excluding steroid dienone is 4. The predicted octanol–water partition coefficient (Wildman–Crippen LogP) is 7.39. The van der Waals surface area contributed by atoms with Gasteiger partial charge in [0.25, 0.3) is 0 Å². The van der Waals surface area contributed by atoms with E-state index in [0.717, 1.165) is 23.8 Å². The van der Waals surface area contributed by atoms with E-state index in [1.165, 1.54) is 24.3 Å². The van der Waals surface area contributed by atoms with Crippen molar-refractivity contribution in [2.24, 2.45) is 0 Å². The van der Waals surface area contributed by atoms with Gasteiger partial charge in [-0.05, 0) is 60.5 Å². The van der Waals surface area contributed by atoms with Crippen LogP contribution in [0.2, 0.25) is 0 Å². The zero-order valence-corrected chi connectivity index (χ0v) is 18.4. The number of carboxylic acid groups (broad SMARTS) is 1. The van der Waals surface area contributed by atoms with Crippen molar-refractivity contribution in [1.29, 1.82) is 0 Å². The molecule has 1 N–H and O–H groups in total. The topological polar surface area (TPSA) is 46.5 Å². The second kappa shape index (κ2) is 9.37. The Morgan fingerprint density at radius 3 is 2.46 bits per heavy atom. The SMILES string of the molecule is CC1=CC=C(c2cc(C(F)(F)F)ccc2OCc2ccc(F)cc2F)C1c1cccc(C(=O)O)c1. The first-order valence-electron chi connectivity index (χ1n) is 10.5. The van der Waals surface area contributed by atoms with E-state index < -0.39 is 35.3 Å². The van der Waals surface area contributed by atoms with Crippen molar-refractivity contribution in [3.05, 3.63) is 118 Å². The van der Waals surface area contributed by atoms with Crippen LogP contribution in [0.15, 0.2) is 78.4 Å². The molecule has 8 heteroatoms. The van der Waals surface area contributed by atoms with Crippen LogP contribution in [-0.4, -0.2) is 11.1 Å². The summed E-state index contributed by atoms with van der Waals surface area (Å²) in [6.45, 7) is 1.47. The van der Waals surface area contributed by atoms with Gasteiger partial charge in [0.15, 0.2) is 0 Å². The monoisotopic (exact) mass is 486 g/mol. The number of alkyl halides is 3. The number of carbonyl (C=O) groups is 1. The number of hydrogen-bond donors (Lipinski definition) is 1. The molecule has 35 heavy (non-hydrogen) atoms. The molecule has 0 radical (unpaired) electrons. The summed E-state index contributed by atoms with van der Waals surface area (Å²) in [4.78, 5) is 11.5. The molecule has 3 aromatic carbocycles. The van der Waals surface area contributed by atoms with Gasteiger partial charge in [-0.1, -0.05) is 29.9 Å². The van der Waals surface area contributed by atoms with Crippen molar-refractivity contribution in [3.63, 3.8) is 0 Å². The van der Waals surface area contributed by atoms with Crippen molar-refractivity contribution in [3.8, 4) is 5.75 Å². The normalized spacial score (nSPS) is 15.5. The molecular weight excluding hydrogens is 467 g/mol. The van der Waals surface area contributed by atoms with Gasteiger partial charge in [-0.15, -0.1) is 0 Å². The molecule has 3 nitrogen and oxygen atoms in total. The molecule has 0 amide bonds. The van der Waals surface area contributed by atoms with Gasteiger partial charge >= 0.3 is 12.1 Å². The standard InChI is InChI=1S/C27H19F5O3/c1-15-5-9-21(25(15)16-3-2-4-17(11-16)26(33)34)22-12-19(27(30,31)32)7-10-24(22)35-14-18-6-8-20(28)13-23(18)29/h2-13,25H,14H2,1H3,(H,33,34). The molecule has 1 atom stereocenters. The highest BCUT2D eigenvalue weighted by Gasteiger charge is 2.33. The first-order chi connectivity index (χ1) is 16.5. The Balaban J connectivity index is 1.76. The maximum Gasteiger partial charge on any atom is 0.416 e. The molecule has 3 aromatic rings. The first kappa shape index (κ1) is 24.2. The van der Waals surface area contributed by atoms with Crippen molar-refractivity contribution < 1.29 is 36.6 Å². The number of aromatic carboxylic acids is 1. The molecule has 0 heterocycles. The highest BCUT2D eigenvalue weighted by molar-refractivity contribution is 5.89. The Morgan fingerprint density at radius 2 is 1.77 bits per heavy atom. The number of benzene rings is 3. The molecule has 0 saturated carbocycles. The zero-order valence-electron chi connectivity index (χ0n) is 18.4. The second-order valence-corrected chi connectivity index (χ2v) is 8.13. The third-order valence-electron chi connectivity index (χ3n) is 5.78. The summed E-state index contributed by atoms with van der Waals surface area (Å²) in [7, 11) is 0. The van der Waals surface area contributed by atoms with Crippen LogP contribution >= 0.6 is 0 Å². The third-order valence-corrected chi connectivity index (χ3v) is 5.78. The highest BCUT2D eigenvalue weighted by atomic mass is 19.4. The first-order valence-corrected chi connectivity index (χ1v) is 10.5. The van der Waals surface area contributed by atoms with E-state index in [1.807, 2.05) is 0 Å². The minimum absolute atomic E-state index is 0.0395. The van der Waals surface area contributed by atoms with E-state index in [0.29, 0.717) is 17.2 Å². The lowest BCUT2D eigenvalue weighted by Crippen LogP contribution is -2.09. The van der Waals surface area contributed by atoms with Crippen molar-refractivity contribution in [1.82, 2.24) is 0 Å². The summed E-state index contributed by atoms with van der Waals surface area (Å²) in [5.41, 5.74) is 1.21. The van der Waals surface area contributed by atoms with Crippen molar-refractivity contribution in [2.75, 3.05) is 0 Å². The number of carboxylic acids is 1. The lowest BCUT2D eigenvalue weighted by atomic mass is 9.84. The fourth-order valence-corrected chi connectivity index (χ4v) is 4.05. The molecular formula is C27H19F5O3. The van der Waals surface area contributed by atoms with Crippen LogP contribution in [0.25, 0.3) is 5.57 Å². The molecule has 0 fully saturated rings. The molecule has 4 rings (SSSR count). The summed E-state index contributed by atoms with van der Waals surface area (Å²) < 4.78 is 73.6. The quantitative estimate of drug-likeness (QED) is 0.370. The second-order valence-electron chi connectivity index (χ2n) is 8.13. The van der Waals surface area contributed by atoms with E-state index in [4.69, 9.17) is 4.74 Å². The molecule has 180 valence electrons. The lowest BCUT2D eigenvalue weighted by molar-refractivity contribution is -0.137. The maximum absolute atomic E-state index is 14.1. The van der Waals surface area contributed by atoms with Gasteiger partial charge in [0.05, 0.1) is 11.1 Å². The number of halogens is 5. The van der Waals surface area contributed by atoms with E-state index in [2.05, 4.69) is 0 Å². The average molecular weight is 486 g/mol. The van der Waals surface area contributed by atoms with Gasteiger partial charge in [-0.2, -0.15) is 13.2 Å². The van der Waals surface area contributed by atoms with Crippen LogP contribution in [0.5, 0.6) is 5.75 Å². The summed E-state index contributed by atoms with van der Waals surface area (Å²) in [6.07, 6.45) is -1.21. The van der Waals surface area contributed by atoms with Gasteiger partial charge in [0, 0.05) is 23.1 Å². The minimum Gasteiger partial charge on any atom is -0.488 e. The van der Waals surface area contributed by atoms with Crippen LogP contribution in [0, 0.1) is 11.6 Å². The number of hydrogen-bond acceptors (Lipinski definition) is 2. The molecule has 0 aromatic heterocycles. The fourth-order valence-electron chi connectivity index (χ4n) is 4.05. The largest absolute Gasteiger partial charge is 0.488 e. The van der Waals surface area contributed by atoms with Crippen LogP contribution in [0.1, 0.15) is 45.5 Å². The van der Waals surface area contributed by atoms with E-state index in [1.54, 1.807) is 31.2 Å². The van der Waals surface area contributed by atoms with E-state index >= 15 is 0 Å². The van der Waals surface area contributed by atoms with Gasteiger partial charge in [-0.3, -0.25) is 0 Å². The highest BCUT2D eigenvalue weighted by Crippen LogP contribution is 2.46. The molecule has 0 spiro atoms. The fraction of sp³-hybridized carbons (Fsp3) is 0.148. The van der Waals surface area contributed by atoms with Crippen LogP contribution in [0.3, 0.4) is 0 Å². The Bertz CT molecular complexity index is 1360. The van der Waals surface area contributed by atoms with E-state index in [9.17, 15) is 31.9 Å². The maximum atomic E-state index is 14.1. The molecule has 0 bridgehead atoms.